The van der Waals surface area contributed by atoms with Crippen LogP contribution in [-0.4, -0.2) is 31.9 Å². The third kappa shape index (κ3) is 2.87. The highest BCUT2D eigenvalue weighted by atomic mass is 16.5. The third-order valence-corrected chi connectivity index (χ3v) is 4.05. The summed E-state index contributed by atoms with van der Waals surface area (Å²) < 4.78 is 16.4. The Morgan fingerprint density at radius 1 is 1.36 bits per heavy atom. The molecule has 1 aromatic carbocycles. The summed E-state index contributed by atoms with van der Waals surface area (Å²) in [4.78, 5) is 14.0. The lowest BCUT2D eigenvalue weighted by atomic mass is 10.0. The molecule has 0 radical (unpaired) electrons. The quantitative estimate of drug-likeness (QED) is 0.627. The second-order valence-corrected chi connectivity index (χ2v) is 5.54. The highest BCUT2D eigenvalue weighted by molar-refractivity contribution is 5.85. The van der Waals surface area contributed by atoms with E-state index in [0.717, 1.165) is 54.8 Å². The van der Waals surface area contributed by atoms with Crippen LogP contribution in [0.1, 0.15) is 24.5 Å². The maximum Gasteiger partial charge on any atom is 0.336 e. The van der Waals surface area contributed by atoms with E-state index in [0.29, 0.717) is 12.3 Å². The molecule has 0 spiro atoms. The molecule has 2 aromatic rings. The Labute approximate surface area is 129 Å². The van der Waals surface area contributed by atoms with Crippen LogP contribution in [0.3, 0.4) is 0 Å². The number of methoxy groups -OCH3 is 1. The number of hydrogen-bond acceptors (Lipinski definition) is 5. The van der Waals surface area contributed by atoms with Gasteiger partial charge in [-0.2, -0.15) is 0 Å². The summed E-state index contributed by atoms with van der Waals surface area (Å²) in [5.74, 6) is 0.812. The monoisotopic (exact) mass is 303 g/mol. The van der Waals surface area contributed by atoms with Gasteiger partial charge in [-0.3, -0.25) is 4.90 Å². The second kappa shape index (κ2) is 6.50. The summed E-state index contributed by atoms with van der Waals surface area (Å²) >= 11 is 0. The molecule has 5 heteroatoms. The number of rotatable bonds is 5. The molecule has 1 aliphatic heterocycles. The average molecular weight is 303 g/mol. The predicted molar refractivity (Wildman–Crippen MR) is 84.3 cm³/mol. The standard InChI is InChI=1S/C17H21NO4/c1-3-12-9-16(19)22-17-13(12)5-6-15-14(17)10-18(11-21-15)7-4-8-20-2/h5-6,9H,3-4,7-8,10-11H2,1-2H3. The molecule has 0 atom stereocenters. The number of hydrogen-bond donors (Lipinski definition) is 0. The highest BCUT2D eigenvalue weighted by Gasteiger charge is 2.21. The van der Waals surface area contributed by atoms with Crippen LogP contribution in [0.15, 0.2) is 27.4 Å². The van der Waals surface area contributed by atoms with Crippen molar-refractivity contribution >= 4 is 11.0 Å². The van der Waals surface area contributed by atoms with Crippen LogP contribution in [0.4, 0.5) is 0 Å². The molecular formula is C17H21NO4. The van der Waals surface area contributed by atoms with Gasteiger partial charge in [-0.05, 0) is 30.5 Å². The topological polar surface area (TPSA) is 51.9 Å². The maximum absolute atomic E-state index is 11.8. The Morgan fingerprint density at radius 3 is 3.00 bits per heavy atom. The minimum Gasteiger partial charge on any atom is -0.478 e. The van der Waals surface area contributed by atoms with E-state index in [1.54, 1.807) is 13.2 Å². The largest absolute Gasteiger partial charge is 0.478 e. The molecule has 0 saturated carbocycles. The number of nitrogens with zero attached hydrogens (tertiary/aromatic N) is 1. The minimum atomic E-state index is -0.297. The summed E-state index contributed by atoms with van der Waals surface area (Å²) in [6, 6.07) is 5.54. The fraction of sp³-hybridized carbons (Fsp3) is 0.471. The van der Waals surface area contributed by atoms with Crippen molar-refractivity contribution in [1.82, 2.24) is 4.90 Å². The lowest BCUT2D eigenvalue weighted by Gasteiger charge is -2.29. The molecule has 5 nitrogen and oxygen atoms in total. The predicted octanol–water partition coefficient (Wildman–Crippen LogP) is 2.54. The van der Waals surface area contributed by atoms with E-state index in [1.807, 2.05) is 19.1 Å². The van der Waals surface area contributed by atoms with Gasteiger partial charge in [-0.25, -0.2) is 4.79 Å². The molecule has 2 heterocycles. The Bertz CT molecular complexity index is 722. The van der Waals surface area contributed by atoms with E-state index < -0.39 is 0 Å². The molecule has 118 valence electrons. The molecule has 0 bridgehead atoms. The molecule has 1 aliphatic rings. The number of ether oxygens (including phenoxy) is 2. The Hall–Kier alpha value is -1.85. The van der Waals surface area contributed by atoms with Gasteiger partial charge in [0.25, 0.3) is 0 Å². The lowest BCUT2D eigenvalue weighted by molar-refractivity contribution is 0.0837. The van der Waals surface area contributed by atoms with Crippen LogP contribution in [0, 0.1) is 0 Å². The van der Waals surface area contributed by atoms with Crippen molar-refractivity contribution in [2.24, 2.45) is 0 Å². The number of aryl methyl sites for hydroxylation is 1. The fourth-order valence-corrected chi connectivity index (χ4v) is 2.91. The molecule has 0 unspecified atom stereocenters. The van der Waals surface area contributed by atoms with E-state index in [2.05, 4.69) is 4.90 Å². The first-order chi connectivity index (χ1) is 10.7. The molecule has 22 heavy (non-hydrogen) atoms. The normalized spacial score (nSPS) is 14.8. The molecule has 3 rings (SSSR count). The van der Waals surface area contributed by atoms with Gasteiger partial charge in [0.05, 0.1) is 5.56 Å². The highest BCUT2D eigenvalue weighted by Crippen LogP contribution is 2.33. The zero-order valence-corrected chi connectivity index (χ0v) is 13.1. The smallest absolute Gasteiger partial charge is 0.336 e. The molecule has 0 N–H and O–H groups in total. The third-order valence-electron chi connectivity index (χ3n) is 4.05. The van der Waals surface area contributed by atoms with Crippen LogP contribution in [-0.2, 0) is 17.7 Å². The van der Waals surface area contributed by atoms with E-state index in [-0.39, 0.29) is 5.63 Å². The second-order valence-electron chi connectivity index (χ2n) is 5.54. The first-order valence-corrected chi connectivity index (χ1v) is 7.65. The average Bonchev–Trinajstić information content (AvgIpc) is 2.54. The molecule has 0 amide bonds. The van der Waals surface area contributed by atoms with Crippen molar-refractivity contribution in [3.05, 3.63) is 39.7 Å². The van der Waals surface area contributed by atoms with Gasteiger partial charge in [0.1, 0.15) is 18.1 Å². The molecular weight excluding hydrogens is 282 g/mol. The molecule has 0 saturated heterocycles. The molecule has 0 aliphatic carbocycles. The van der Waals surface area contributed by atoms with Crippen LogP contribution in [0.2, 0.25) is 0 Å². The van der Waals surface area contributed by atoms with Crippen LogP contribution in [0.5, 0.6) is 5.75 Å². The van der Waals surface area contributed by atoms with Crippen LogP contribution in [0.25, 0.3) is 11.0 Å². The van der Waals surface area contributed by atoms with Crippen molar-refractivity contribution in [3.8, 4) is 5.75 Å². The van der Waals surface area contributed by atoms with Crippen LogP contribution >= 0.6 is 0 Å². The summed E-state index contributed by atoms with van der Waals surface area (Å²) in [5, 5.41) is 1.00. The Kier molecular flexibility index (Phi) is 4.45. The molecule has 0 fully saturated rings. The Balaban J connectivity index is 1.97. The van der Waals surface area contributed by atoms with Crippen molar-refractivity contribution in [2.75, 3.05) is 27.0 Å². The first-order valence-electron chi connectivity index (χ1n) is 7.65. The van der Waals surface area contributed by atoms with Crippen LogP contribution < -0.4 is 10.4 Å². The first kappa shape index (κ1) is 15.1. The van der Waals surface area contributed by atoms with E-state index in [4.69, 9.17) is 13.9 Å². The van der Waals surface area contributed by atoms with Crippen molar-refractivity contribution in [1.29, 1.82) is 0 Å². The van der Waals surface area contributed by atoms with Gasteiger partial charge in [-0.15, -0.1) is 0 Å². The SMILES string of the molecule is CCc1cc(=O)oc2c3c(ccc12)OCN(CCCOC)C3. The van der Waals surface area contributed by atoms with E-state index in [1.165, 1.54) is 0 Å². The summed E-state index contributed by atoms with van der Waals surface area (Å²) in [6.07, 6.45) is 1.75. The van der Waals surface area contributed by atoms with Gasteiger partial charge in [0.15, 0.2) is 0 Å². The van der Waals surface area contributed by atoms with Crippen molar-refractivity contribution in [3.63, 3.8) is 0 Å². The van der Waals surface area contributed by atoms with E-state index in [9.17, 15) is 4.79 Å². The summed E-state index contributed by atoms with van der Waals surface area (Å²) in [6.45, 7) is 4.95. The van der Waals surface area contributed by atoms with Gasteiger partial charge >= 0.3 is 5.63 Å². The maximum atomic E-state index is 11.8. The van der Waals surface area contributed by atoms with E-state index >= 15 is 0 Å². The summed E-state index contributed by atoms with van der Waals surface area (Å²) in [5.41, 5.74) is 2.35. The Morgan fingerprint density at radius 2 is 2.23 bits per heavy atom. The minimum absolute atomic E-state index is 0.297. The lowest BCUT2D eigenvalue weighted by Crippen LogP contribution is -2.33. The van der Waals surface area contributed by atoms with Gasteiger partial charge < -0.3 is 13.9 Å². The van der Waals surface area contributed by atoms with Gasteiger partial charge in [-0.1, -0.05) is 6.92 Å². The summed E-state index contributed by atoms with van der Waals surface area (Å²) in [7, 11) is 1.70. The zero-order chi connectivity index (χ0) is 15.5. The number of benzene rings is 1. The fourth-order valence-electron chi connectivity index (χ4n) is 2.91. The zero-order valence-electron chi connectivity index (χ0n) is 13.1. The van der Waals surface area contributed by atoms with Gasteiger partial charge in [0, 0.05) is 38.3 Å². The molecule has 1 aromatic heterocycles. The number of fused-ring (bicyclic) bond motifs is 3. The van der Waals surface area contributed by atoms with Crippen molar-refractivity contribution < 1.29 is 13.9 Å². The van der Waals surface area contributed by atoms with Crippen molar-refractivity contribution in [2.45, 2.75) is 26.3 Å². The van der Waals surface area contributed by atoms with Gasteiger partial charge in [0.2, 0.25) is 0 Å².